The topological polar surface area (TPSA) is 40.7 Å². The van der Waals surface area contributed by atoms with Crippen molar-refractivity contribution in [2.24, 2.45) is 0 Å². The van der Waals surface area contributed by atoms with Crippen LogP contribution in [0.5, 0.6) is 0 Å². The van der Waals surface area contributed by atoms with Crippen LogP contribution in [-0.2, 0) is 0 Å². The Morgan fingerprint density at radius 1 is 1.33 bits per heavy atom. The van der Waals surface area contributed by atoms with Crippen molar-refractivity contribution >= 4 is 16.6 Å². The van der Waals surface area contributed by atoms with Crippen LogP contribution in [0.15, 0.2) is 24.4 Å². The molecule has 15 heavy (non-hydrogen) atoms. The molecule has 0 aliphatic rings. The second-order valence-corrected chi connectivity index (χ2v) is 3.80. The van der Waals surface area contributed by atoms with Gasteiger partial charge < -0.3 is 5.32 Å². The number of fused-ring (bicyclic) bond motifs is 1. The molecule has 2 N–H and O–H groups in total. The van der Waals surface area contributed by atoms with Crippen LogP contribution in [0.25, 0.3) is 10.9 Å². The summed E-state index contributed by atoms with van der Waals surface area (Å²) in [5.41, 5.74) is 2.25. The van der Waals surface area contributed by atoms with Crippen molar-refractivity contribution in [3.05, 3.63) is 24.4 Å². The minimum atomic E-state index is 0.541. The average molecular weight is 203 g/mol. The highest BCUT2D eigenvalue weighted by atomic mass is 15.1. The zero-order valence-corrected chi connectivity index (χ0v) is 9.25. The van der Waals surface area contributed by atoms with Gasteiger partial charge in [0.25, 0.3) is 0 Å². The van der Waals surface area contributed by atoms with E-state index in [1.165, 1.54) is 0 Å². The SMILES string of the molecule is CCC(CC)Nc1cccc2cn[nH]c12. The van der Waals surface area contributed by atoms with Crippen LogP contribution in [0, 0.1) is 0 Å². The number of hydrogen-bond acceptors (Lipinski definition) is 2. The molecular weight excluding hydrogens is 186 g/mol. The molecule has 0 fully saturated rings. The Labute approximate surface area is 89.9 Å². The van der Waals surface area contributed by atoms with Crippen LogP contribution in [0.2, 0.25) is 0 Å². The zero-order valence-electron chi connectivity index (χ0n) is 9.25. The van der Waals surface area contributed by atoms with Crippen LogP contribution in [-0.4, -0.2) is 16.2 Å². The van der Waals surface area contributed by atoms with Gasteiger partial charge >= 0.3 is 0 Å². The molecule has 3 nitrogen and oxygen atoms in total. The molecule has 2 aromatic rings. The summed E-state index contributed by atoms with van der Waals surface area (Å²) in [5.74, 6) is 0. The number of para-hydroxylation sites is 1. The molecule has 0 unspecified atom stereocenters. The second kappa shape index (κ2) is 4.34. The number of hydrogen-bond donors (Lipinski definition) is 2. The van der Waals surface area contributed by atoms with Crippen molar-refractivity contribution in [1.29, 1.82) is 0 Å². The van der Waals surface area contributed by atoms with Gasteiger partial charge in [0.15, 0.2) is 0 Å². The maximum atomic E-state index is 4.06. The second-order valence-electron chi connectivity index (χ2n) is 3.80. The molecule has 2 rings (SSSR count). The molecule has 0 aliphatic heterocycles. The Balaban J connectivity index is 2.30. The molecule has 1 aromatic heterocycles. The van der Waals surface area contributed by atoms with Crippen LogP contribution in [0.4, 0.5) is 5.69 Å². The number of nitrogens with zero attached hydrogens (tertiary/aromatic N) is 1. The molecule has 1 heterocycles. The minimum Gasteiger partial charge on any atom is -0.381 e. The Kier molecular flexibility index (Phi) is 2.90. The lowest BCUT2D eigenvalue weighted by Gasteiger charge is -2.16. The average Bonchev–Trinajstić information content (AvgIpc) is 2.74. The van der Waals surface area contributed by atoms with Crippen molar-refractivity contribution in [2.45, 2.75) is 32.7 Å². The molecule has 0 aliphatic carbocycles. The highest BCUT2D eigenvalue weighted by Gasteiger charge is 2.06. The highest BCUT2D eigenvalue weighted by molar-refractivity contribution is 5.89. The smallest absolute Gasteiger partial charge is 0.0881 e. The van der Waals surface area contributed by atoms with Gasteiger partial charge in [-0.05, 0) is 18.9 Å². The number of benzene rings is 1. The number of rotatable bonds is 4. The highest BCUT2D eigenvalue weighted by Crippen LogP contribution is 2.22. The maximum absolute atomic E-state index is 4.06. The number of H-pyrrole nitrogens is 1. The summed E-state index contributed by atoms with van der Waals surface area (Å²) in [6.07, 6.45) is 4.13. The third kappa shape index (κ3) is 1.96. The Morgan fingerprint density at radius 2 is 2.13 bits per heavy atom. The van der Waals surface area contributed by atoms with E-state index in [1.807, 2.05) is 6.20 Å². The van der Waals surface area contributed by atoms with Gasteiger partial charge in [-0.1, -0.05) is 26.0 Å². The predicted molar refractivity (Wildman–Crippen MR) is 64.1 cm³/mol. The van der Waals surface area contributed by atoms with Crippen LogP contribution < -0.4 is 5.32 Å². The van der Waals surface area contributed by atoms with Crippen molar-refractivity contribution in [1.82, 2.24) is 10.2 Å². The van der Waals surface area contributed by atoms with Gasteiger partial charge in [0.05, 0.1) is 17.4 Å². The molecule has 0 saturated carbocycles. The van der Waals surface area contributed by atoms with E-state index in [-0.39, 0.29) is 0 Å². The molecule has 0 amide bonds. The van der Waals surface area contributed by atoms with E-state index in [0.29, 0.717) is 6.04 Å². The molecule has 0 atom stereocenters. The van der Waals surface area contributed by atoms with Crippen LogP contribution in [0.1, 0.15) is 26.7 Å². The minimum absolute atomic E-state index is 0.541. The van der Waals surface area contributed by atoms with Crippen molar-refractivity contribution < 1.29 is 0 Å². The first-order chi connectivity index (χ1) is 7.35. The lowest BCUT2D eigenvalue weighted by Crippen LogP contribution is -2.17. The van der Waals surface area contributed by atoms with E-state index in [4.69, 9.17) is 0 Å². The Bertz CT molecular complexity index is 429. The van der Waals surface area contributed by atoms with E-state index < -0.39 is 0 Å². The predicted octanol–water partition coefficient (Wildman–Crippen LogP) is 3.16. The van der Waals surface area contributed by atoms with Crippen molar-refractivity contribution in [2.75, 3.05) is 5.32 Å². The number of nitrogens with one attached hydrogen (secondary N) is 2. The standard InChI is InChI=1S/C12H17N3/c1-3-10(4-2)14-11-7-5-6-9-8-13-15-12(9)11/h5-8,10,14H,3-4H2,1-2H3,(H,13,15). The Morgan fingerprint density at radius 3 is 2.87 bits per heavy atom. The van der Waals surface area contributed by atoms with E-state index in [1.54, 1.807) is 0 Å². The van der Waals surface area contributed by atoms with Crippen LogP contribution in [0.3, 0.4) is 0 Å². The largest absolute Gasteiger partial charge is 0.381 e. The first kappa shape index (κ1) is 10.0. The summed E-state index contributed by atoms with van der Waals surface area (Å²) >= 11 is 0. The van der Waals surface area contributed by atoms with E-state index in [0.717, 1.165) is 29.4 Å². The van der Waals surface area contributed by atoms with Gasteiger partial charge in [0.2, 0.25) is 0 Å². The van der Waals surface area contributed by atoms with Crippen molar-refractivity contribution in [3.63, 3.8) is 0 Å². The fourth-order valence-electron chi connectivity index (χ4n) is 1.80. The third-order valence-corrected chi connectivity index (χ3v) is 2.82. The first-order valence-electron chi connectivity index (χ1n) is 5.53. The van der Waals surface area contributed by atoms with Crippen LogP contribution >= 0.6 is 0 Å². The lowest BCUT2D eigenvalue weighted by molar-refractivity contribution is 0.672. The molecule has 80 valence electrons. The summed E-state index contributed by atoms with van der Waals surface area (Å²) < 4.78 is 0. The van der Waals surface area contributed by atoms with Gasteiger partial charge in [-0.3, -0.25) is 5.10 Å². The van der Waals surface area contributed by atoms with Gasteiger partial charge in [-0.15, -0.1) is 0 Å². The number of aromatic amines is 1. The normalized spacial score (nSPS) is 11.1. The van der Waals surface area contributed by atoms with Gasteiger partial charge in [-0.2, -0.15) is 5.10 Å². The van der Waals surface area contributed by atoms with Crippen molar-refractivity contribution in [3.8, 4) is 0 Å². The fourth-order valence-corrected chi connectivity index (χ4v) is 1.80. The third-order valence-electron chi connectivity index (χ3n) is 2.82. The molecule has 3 heteroatoms. The van der Waals surface area contributed by atoms with Gasteiger partial charge in [-0.25, -0.2) is 0 Å². The number of anilines is 1. The summed E-state index contributed by atoms with van der Waals surface area (Å²) in [5, 5.41) is 11.8. The molecule has 0 bridgehead atoms. The molecular formula is C12H17N3. The first-order valence-corrected chi connectivity index (χ1v) is 5.53. The summed E-state index contributed by atoms with van der Waals surface area (Å²) in [4.78, 5) is 0. The Hall–Kier alpha value is -1.51. The lowest BCUT2D eigenvalue weighted by atomic mass is 10.1. The molecule has 0 spiro atoms. The number of aromatic nitrogens is 2. The quantitative estimate of drug-likeness (QED) is 0.801. The molecule has 0 radical (unpaired) electrons. The summed E-state index contributed by atoms with van der Waals surface area (Å²) in [6, 6.07) is 6.76. The molecule has 1 aromatic carbocycles. The molecule has 0 saturated heterocycles. The zero-order chi connectivity index (χ0) is 10.7. The van der Waals surface area contributed by atoms with E-state index in [9.17, 15) is 0 Å². The van der Waals surface area contributed by atoms with E-state index in [2.05, 4.69) is 47.6 Å². The van der Waals surface area contributed by atoms with Gasteiger partial charge in [0.1, 0.15) is 0 Å². The maximum Gasteiger partial charge on any atom is 0.0881 e. The summed E-state index contributed by atoms with van der Waals surface area (Å²) in [6.45, 7) is 4.41. The van der Waals surface area contributed by atoms with E-state index >= 15 is 0 Å². The summed E-state index contributed by atoms with van der Waals surface area (Å²) in [7, 11) is 0. The monoisotopic (exact) mass is 203 g/mol. The fraction of sp³-hybridized carbons (Fsp3) is 0.417. The van der Waals surface area contributed by atoms with Gasteiger partial charge in [0, 0.05) is 11.4 Å².